The molecule has 130 valence electrons. The average molecular weight is 358 g/mol. The van der Waals surface area contributed by atoms with Crippen molar-refractivity contribution < 1.29 is 0 Å². The first-order valence-corrected chi connectivity index (χ1v) is 9.44. The molecule has 0 saturated heterocycles. The van der Waals surface area contributed by atoms with Gasteiger partial charge in [-0.1, -0.05) is 36.4 Å². The smallest absolute Gasteiger partial charge is 0.166 e. The van der Waals surface area contributed by atoms with Gasteiger partial charge in [0.25, 0.3) is 0 Å². The van der Waals surface area contributed by atoms with E-state index in [4.69, 9.17) is 9.97 Å². The van der Waals surface area contributed by atoms with Crippen LogP contribution in [0.1, 0.15) is 11.1 Å². The largest absolute Gasteiger partial charge is 0.260 e. The molecule has 0 radical (unpaired) electrons. The molecular weight excluding hydrogens is 344 g/mol. The molecule has 28 heavy (non-hydrogen) atoms. The summed E-state index contributed by atoms with van der Waals surface area (Å²) in [5.74, 6) is 0. The van der Waals surface area contributed by atoms with Crippen molar-refractivity contribution in [2.75, 3.05) is 0 Å². The van der Waals surface area contributed by atoms with E-state index in [1.54, 1.807) is 0 Å². The van der Waals surface area contributed by atoms with Crippen molar-refractivity contribution in [1.29, 1.82) is 0 Å². The quantitative estimate of drug-likeness (QED) is 0.352. The summed E-state index contributed by atoms with van der Waals surface area (Å²) in [4.78, 5) is 14.3. The van der Waals surface area contributed by atoms with Gasteiger partial charge >= 0.3 is 0 Å². The highest BCUT2D eigenvalue weighted by Crippen LogP contribution is 2.43. The van der Waals surface area contributed by atoms with Gasteiger partial charge in [-0.05, 0) is 58.3 Å². The number of pyridine rings is 3. The Balaban J connectivity index is 1.79. The van der Waals surface area contributed by atoms with Crippen LogP contribution in [0.4, 0.5) is 0 Å². The maximum atomic E-state index is 4.99. The van der Waals surface area contributed by atoms with Crippen LogP contribution >= 0.6 is 0 Å². The lowest BCUT2D eigenvalue weighted by molar-refractivity contribution is 1.19. The Bertz CT molecular complexity index is 1590. The first-order chi connectivity index (χ1) is 13.9. The summed E-state index contributed by atoms with van der Waals surface area (Å²) in [5.41, 5.74) is 8.98. The molecule has 2 aromatic carbocycles. The van der Waals surface area contributed by atoms with Crippen molar-refractivity contribution >= 4 is 38.6 Å². The van der Waals surface area contributed by atoms with Gasteiger partial charge in [0, 0.05) is 23.2 Å². The SMILES string of the molecule is c1ccc2c(c1)Cc1c-2ccc2c3cccnc3n3c4ncccc4nc3c12. The second-order valence-corrected chi connectivity index (χ2v) is 7.34. The Kier molecular flexibility index (Phi) is 2.51. The fourth-order valence-corrected chi connectivity index (χ4v) is 4.76. The zero-order valence-corrected chi connectivity index (χ0v) is 14.9. The maximum absolute atomic E-state index is 4.99. The number of fused-ring (bicyclic) bond motifs is 12. The highest BCUT2D eigenvalue weighted by molar-refractivity contribution is 6.15. The van der Waals surface area contributed by atoms with E-state index < -0.39 is 0 Å². The van der Waals surface area contributed by atoms with E-state index in [1.165, 1.54) is 33.0 Å². The monoisotopic (exact) mass is 358 g/mol. The van der Waals surface area contributed by atoms with E-state index in [-0.39, 0.29) is 0 Å². The number of benzene rings is 2. The summed E-state index contributed by atoms with van der Waals surface area (Å²) in [6.07, 6.45) is 4.59. The average Bonchev–Trinajstić information content (AvgIpc) is 3.32. The predicted octanol–water partition coefficient (Wildman–Crippen LogP) is 5.16. The third kappa shape index (κ3) is 1.63. The van der Waals surface area contributed by atoms with Crippen LogP contribution in [0.3, 0.4) is 0 Å². The van der Waals surface area contributed by atoms with Crippen LogP contribution in [0.25, 0.3) is 49.7 Å². The van der Waals surface area contributed by atoms with Gasteiger partial charge in [0.2, 0.25) is 0 Å². The van der Waals surface area contributed by atoms with Crippen LogP contribution in [0.2, 0.25) is 0 Å². The fraction of sp³-hybridized carbons (Fsp3) is 0.0417. The van der Waals surface area contributed by atoms with Crippen molar-refractivity contribution in [1.82, 2.24) is 19.4 Å². The topological polar surface area (TPSA) is 43.1 Å². The van der Waals surface area contributed by atoms with Crippen molar-refractivity contribution in [3.63, 3.8) is 0 Å². The summed E-state index contributed by atoms with van der Waals surface area (Å²) < 4.78 is 2.12. The van der Waals surface area contributed by atoms with Crippen molar-refractivity contribution in [2.24, 2.45) is 0 Å². The van der Waals surface area contributed by atoms with Crippen molar-refractivity contribution in [3.8, 4) is 11.1 Å². The Morgan fingerprint density at radius 2 is 1.54 bits per heavy atom. The molecule has 0 atom stereocenters. The molecule has 7 rings (SSSR count). The van der Waals surface area contributed by atoms with E-state index in [0.717, 1.165) is 34.3 Å². The van der Waals surface area contributed by atoms with Gasteiger partial charge in [-0.25, -0.2) is 15.0 Å². The molecule has 0 N–H and O–H groups in total. The summed E-state index contributed by atoms with van der Waals surface area (Å²) in [5, 5.41) is 3.55. The van der Waals surface area contributed by atoms with Crippen LogP contribution < -0.4 is 0 Å². The van der Waals surface area contributed by atoms with E-state index >= 15 is 0 Å². The van der Waals surface area contributed by atoms with E-state index in [9.17, 15) is 0 Å². The number of rotatable bonds is 0. The van der Waals surface area contributed by atoms with Crippen molar-refractivity contribution in [3.05, 3.63) is 84.2 Å². The molecule has 1 aliphatic carbocycles. The van der Waals surface area contributed by atoms with Crippen LogP contribution in [0.5, 0.6) is 0 Å². The third-order valence-electron chi connectivity index (χ3n) is 5.92. The van der Waals surface area contributed by atoms with Crippen LogP contribution in [-0.2, 0) is 6.42 Å². The van der Waals surface area contributed by atoms with Crippen LogP contribution in [0.15, 0.2) is 73.1 Å². The molecule has 6 aromatic rings. The molecule has 4 nitrogen and oxygen atoms in total. The van der Waals surface area contributed by atoms with Gasteiger partial charge in [-0.2, -0.15) is 0 Å². The second kappa shape index (κ2) is 4.93. The maximum Gasteiger partial charge on any atom is 0.166 e. The Morgan fingerprint density at radius 1 is 0.679 bits per heavy atom. The van der Waals surface area contributed by atoms with E-state index in [1.807, 2.05) is 30.6 Å². The Morgan fingerprint density at radius 3 is 2.50 bits per heavy atom. The molecule has 4 heterocycles. The standard InChI is InChI=1S/C24H14N4/c1-2-6-15-14(5-1)13-19-16(15)9-10-17-18-7-3-11-25-22(18)28-23-20(8-4-12-26-23)27-24(28)21(17)19/h1-12H,13H2. The molecule has 0 saturated carbocycles. The first-order valence-electron chi connectivity index (χ1n) is 9.44. The second-order valence-electron chi connectivity index (χ2n) is 7.34. The lowest BCUT2D eigenvalue weighted by Gasteiger charge is -2.11. The molecular formula is C24H14N4. The number of imidazole rings is 1. The summed E-state index contributed by atoms with van der Waals surface area (Å²) in [6, 6.07) is 21.3. The van der Waals surface area contributed by atoms with Gasteiger partial charge in [0.05, 0.1) is 0 Å². The fourth-order valence-electron chi connectivity index (χ4n) is 4.76. The zero-order chi connectivity index (χ0) is 18.2. The molecule has 4 heteroatoms. The summed E-state index contributed by atoms with van der Waals surface area (Å²) >= 11 is 0. The number of nitrogens with zero attached hydrogens (tertiary/aromatic N) is 4. The minimum Gasteiger partial charge on any atom is -0.260 e. The number of hydrogen-bond acceptors (Lipinski definition) is 3. The highest BCUT2D eigenvalue weighted by atomic mass is 15.1. The van der Waals surface area contributed by atoms with Gasteiger partial charge in [-0.3, -0.25) is 4.40 Å². The molecule has 0 amide bonds. The van der Waals surface area contributed by atoms with Crippen molar-refractivity contribution in [2.45, 2.75) is 6.42 Å². The third-order valence-corrected chi connectivity index (χ3v) is 5.92. The summed E-state index contributed by atoms with van der Waals surface area (Å²) in [7, 11) is 0. The van der Waals surface area contributed by atoms with E-state index in [0.29, 0.717) is 0 Å². The molecule has 0 spiro atoms. The Labute approximate surface area is 160 Å². The van der Waals surface area contributed by atoms with Crippen LogP contribution in [0, 0.1) is 0 Å². The number of aromatic nitrogens is 4. The predicted molar refractivity (Wildman–Crippen MR) is 112 cm³/mol. The van der Waals surface area contributed by atoms with Gasteiger partial charge in [0.1, 0.15) is 16.8 Å². The van der Waals surface area contributed by atoms with Gasteiger partial charge in [0.15, 0.2) is 5.65 Å². The number of hydrogen-bond donors (Lipinski definition) is 0. The zero-order valence-electron chi connectivity index (χ0n) is 14.9. The van der Waals surface area contributed by atoms with Gasteiger partial charge < -0.3 is 0 Å². The molecule has 0 aliphatic heterocycles. The first kappa shape index (κ1) is 14.3. The highest BCUT2D eigenvalue weighted by Gasteiger charge is 2.24. The molecule has 0 bridgehead atoms. The normalized spacial score (nSPS) is 12.9. The molecule has 0 fully saturated rings. The minimum atomic E-state index is 0.858. The summed E-state index contributed by atoms with van der Waals surface area (Å²) in [6.45, 7) is 0. The molecule has 4 aromatic heterocycles. The Hall–Kier alpha value is -3.79. The molecule has 0 unspecified atom stereocenters. The minimum absolute atomic E-state index is 0.858. The lowest BCUT2D eigenvalue weighted by atomic mass is 9.98. The lowest BCUT2D eigenvalue weighted by Crippen LogP contribution is -1.97. The van der Waals surface area contributed by atoms with E-state index in [2.05, 4.69) is 51.8 Å². The van der Waals surface area contributed by atoms with Gasteiger partial charge in [-0.15, -0.1) is 0 Å². The molecule has 1 aliphatic rings. The van der Waals surface area contributed by atoms with Crippen LogP contribution in [-0.4, -0.2) is 19.4 Å².